The van der Waals surface area contributed by atoms with Crippen molar-refractivity contribution in [3.05, 3.63) is 12.2 Å². The lowest BCUT2D eigenvalue weighted by molar-refractivity contribution is -0.146. The summed E-state index contributed by atoms with van der Waals surface area (Å²) in [6.45, 7) is 6.07. The molecule has 17 heavy (non-hydrogen) atoms. The molecule has 94 valence electrons. The number of nitrogens with one attached hydrogen (secondary N) is 1. The zero-order valence-electron chi connectivity index (χ0n) is 10.4. The topological polar surface area (TPSA) is 49.4 Å². The predicted molar refractivity (Wildman–Crippen MR) is 70.3 cm³/mol. The highest BCUT2D eigenvalue weighted by atomic mass is 32.1. The zero-order valence-corrected chi connectivity index (χ0v) is 11.3. The molecule has 5 heteroatoms. The lowest BCUT2D eigenvalue weighted by atomic mass is 9.79. The molecule has 1 heterocycles. The van der Waals surface area contributed by atoms with Crippen LogP contribution in [0.2, 0.25) is 0 Å². The smallest absolute Gasteiger partial charge is 0.248 e. The third-order valence-corrected chi connectivity index (χ3v) is 3.23. The van der Waals surface area contributed by atoms with Crippen molar-refractivity contribution in [1.82, 2.24) is 10.2 Å². The largest absolute Gasteiger partial charge is 0.301 e. The van der Waals surface area contributed by atoms with Gasteiger partial charge in [0.05, 0.1) is 0 Å². The Morgan fingerprint density at radius 1 is 1.41 bits per heavy atom. The highest BCUT2D eigenvalue weighted by molar-refractivity contribution is 7.80. The van der Waals surface area contributed by atoms with Crippen molar-refractivity contribution in [3.8, 4) is 0 Å². The molecule has 0 radical (unpaired) electrons. The maximum atomic E-state index is 12.4. The molecule has 2 amide bonds. The first-order valence-electron chi connectivity index (χ1n) is 5.84. The number of allylic oxidation sites excluding steroid dienone is 1. The first kappa shape index (κ1) is 13.8. The molecule has 1 N–H and O–H groups in total. The second-order valence-corrected chi connectivity index (χ2v) is 4.42. The first-order chi connectivity index (χ1) is 8.03. The lowest BCUT2D eigenvalue weighted by Gasteiger charge is -2.38. The molecule has 1 saturated heterocycles. The first-order valence-corrected chi connectivity index (χ1v) is 6.25. The minimum atomic E-state index is -1.08. The highest BCUT2D eigenvalue weighted by Crippen LogP contribution is 2.32. The molecule has 4 nitrogen and oxygen atoms in total. The molecular weight excluding hydrogens is 236 g/mol. The summed E-state index contributed by atoms with van der Waals surface area (Å²) in [5, 5.41) is 2.82. The number of carbonyl (C=O) groups excluding carboxylic acids is 2. The van der Waals surface area contributed by atoms with Crippen LogP contribution in [0.3, 0.4) is 0 Å². The van der Waals surface area contributed by atoms with Crippen molar-refractivity contribution in [3.63, 3.8) is 0 Å². The summed E-state index contributed by atoms with van der Waals surface area (Å²) in [6.07, 6.45) is 4.68. The molecule has 0 aliphatic carbocycles. The second kappa shape index (κ2) is 5.40. The Morgan fingerprint density at radius 2 is 2.06 bits per heavy atom. The highest BCUT2D eigenvalue weighted by Gasteiger charge is 2.49. The molecule has 0 aromatic carbocycles. The fourth-order valence-electron chi connectivity index (χ4n) is 2.12. The van der Waals surface area contributed by atoms with Crippen LogP contribution in [0.1, 0.15) is 33.6 Å². The standard InChI is InChI=1S/C12H18N2O2S/c1-4-7-12(8-5-2)9(15)13-11(17)14(6-3)10(12)16/h4,7H,5-6,8H2,1-3H3,(H,13,15,17)/b7-4-/t12-/m1/s1. The Labute approximate surface area is 107 Å². The van der Waals surface area contributed by atoms with Gasteiger partial charge in [0.1, 0.15) is 5.41 Å². The summed E-state index contributed by atoms with van der Waals surface area (Å²) in [5.41, 5.74) is -1.08. The molecule has 0 aromatic heterocycles. The number of amides is 2. The van der Waals surface area contributed by atoms with Gasteiger partial charge >= 0.3 is 0 Å². The maximum absolute atomic E-state index is 12.4. The minimum Gasteiger partial charge on any atom is -0.301 e. The number of carbonyl (C=O) groups is 2. The van der Waals surface area contributed by atoms with E-state index in [0.717, 1.165) is 6.42 Å². The Morgan fingerprint density at radius 3 is 2.53 bits per heavy atom. The third kappa shape index (κ3) is 2.24. The van der Waals surface area contributed by atoms with Crippen LogP contribution in [0.4, 0.5) is 0 Å². The van der Waals surface area contributed by atoms with E-state index in [0.29, 0.717) is 13.0 Å². The summed E-state index contributed by atoms with van der Waals surface area (Å²) < 4.78 is 0. The van der Waals surface area contributed by atoms with Gasteiger partial charge in [-0.2, -0.15) is 0 Å². The van der Waals surface area contributed by atoms with Crippen LogP contribution >= 0.6 is 12.2 Å². The molecule has 1 aliphatic heterocycles. The molecule has 0 unspecified atom stereocenters. The molecule has 1 atom stereocenters. The van der Waals surface area contributed by atoms with Crippen LogP contribution < -0.4 is 5.32 Å². The van der Waals surface area contributed by atoms with Gasteiger partial charge in [0.15, 0.2) is 5.11 Å². The van der Waals surface area contributed by atoms with Gasteiger partial charge in [-0.25, -0.2) is 0 Å². The fourth-order valence-corrected chi connectivity index (χ4v) is 2.43. The van der Waals surface area contributed by atoms with E-state index in [1.54, 1.807) is 19.1 Å². The summed E-state index contributed by atoms with van der Waals surface area (Å²) in [4.78, 5) is 25.9. The van der Waals surface area contributed by atoms with E-state index in [4.69, 9.17) is 12.2 Å². The van der Waals surface area contributed by atoms with Gasteiger partial charge in [0, 0.05) is 6.54 Å². The molecule has 0 saturated carbocycles. The van der Waals surface area contributed by atoms with Crippen LogP contribution in [0.15, 0.2) is 12.2 Å². The van der Waals surface area contributed by atoms with Gasteiger partial charge in [-0.15, -0.1) is 0 Å². The zero-order chi connectivity index (χ0) is 13.1. The van der Waals surface area contributed by atoms with Gasteiger partial charge in [0.2, 0.25) is 11.8 Å². The summed E-state index contributed by atoms with van der Waals surface area (Å²) in [6, 6.07) is 0. The van der Waals surface area contributed by atoms with Gasteiger partial charge in [-0.05, 0) is 32.5 Å². The molecule has 1 aliphatic rings. The van der Waals surface area contributed by atoms with E-state index in [1.165, 1.54) is 4.90 Å². The van der Waals surface area contributed by atoms with Crippen molar-refractivity contribution in [2.24, 2.45) is 5.41 Å². The molecule has 0 spiro atoms. The number of thiocarbonyl (C=S) groups is 1. The lowest BCUT2D eigenvalue weighted by Crippen LogP contribution is -2.63. The number of nitrogens with zero attached hydrogens (tertiary/aromatic N) is 1. The van der Waals surface area contributed by atoms with E-state index in [1.807, 2.05) is 13.8 Å². The fraction of sp³-hybridized carbons (Fsp3) is 0.583. The summed E-state index contributed by atoms with van der Waals surface area (Å²) >= 11 is 5.00. The molecule has 1 rings (SSSR count). The van der Waals surface area contributed by atoms with Crippen molar-refractivity contribution in [1.29, 1.82) is 0 Å². The van der Waals surface area contributed by atoms with Crippen molar-refractivity contribution >= 4 is 29.1 Å². The van der Waals surface area contributed by atoms with E-state index in [9.17, 15) is 9.59 Å². The Kier molecular flexibility index (Phi) is 4.40. The van der Waals surface area contributed by atoms with Gasteiger partial charge in [-0.3, -0.25) is 14.5 Å². The van der Waals surface area contributed by atoms with Crippen LogP contribution in [-0.4, -0.2) is 28.4 Å². The predicted octanol–water partition coefficient (Wildman–Crippen LogP) is 1.61. The molecule has 1 fully saturated rings. The number of rotatable bonds is 4. The van der Waals surface area contributed by atoms with Crippen molar-refractivity contribution < 1.29 is 9.59 Å². The summed E-state index contributed by atoms with van der Waals surface area (Å²) in [7, 11) is 0. The minimum absolute atomic E-state index is 0.207. The summed E-state index contributed by atoms with van der Waals surface area (Å²) in [5.74, 6) is -0.522. The molecule has 0 aromatic rings. The van der Waals surface area contributed by atoms with Crippen molar-refractivity contribution in [2.75, 3.05) is 6.54 Å². The van der Waals surface area contributed by atoms with Crippen LogP contribution in [-0.2, 0) is 9.59 Å². The molecule has 0 bridgehead atoms. The van der Waals surface area contributed by atoms with Crippen LogP contribution in [0, 0.1) is 5.41 Å². The average molecular weight is 254 g/mol. The van der Waals surface area contributed by atoms with Gasteiger partial charge in [0.25, 0.3) is 0 Å². The number of hydrogen-bond donors (Lipinski definition) is 1. The van der Waals surface area contributed by atoms with Gasteiger partial charge < -0.3 is 5.32 Å². The number of hydrogen-bond acceptors (Lipinski definition) is 3. The average Bonchev–Trinajstić information content (AvgIpc) is 2.27. The van der Waals surface area contributed by atoms with Crippen LogP contribution in [0.25, 0.3) is 0 Å². The Bertz CT molecular complexity index is 379. The van der Waals surface area contributed by atoms with E-state index in [2.05, 4.69) is 5.32 Å². The normalized spacial score (nSPS) is 25.6. The monoisotopic (exact) mass is 254 g/mol. The van der Waals surface area contributed by atoms with E-state index < -0.39 is 5.41 Å². The van der Waals surface area contributed by atoms with E-state index >= 15 is 0 Å². The Balaban J connectivity index is 3.21. The van der Waals surface area contributed by atoms with Crippen LogP contribution in [0.5, 0.6) is 0 Å². The Hall–Kier alpha value is -1.23. The molecular formula is C12H18N2O2S. The quantitative estimate of drug-likeness (QED) is 0.471. The second-order valence-electron chi connectivity index (χ2n) is 4.03. The SMILES string of the molecule is C/C=C\[C@@]1(CCC)C(=O)NC(=S)N(CC)C1=O. The van der Waals surface area contributed by atoms with E-state index in [-0.39, 0.29) is 16.9 Å². The maximum Gasteiger partial charge on any atom is 0.248 e. The third-order valence-electron chi connectivity index (χ3n) is 2.91. The van der Waals surface area contributed by atoms with Gasteiger partial charge in [-0.1, -0.05) is 25.5 Å². The van der Waals surface area contributed by atoms with Crippen molar-refractivity contribution in [2.45, 2.75) is 33.6 Å².